The summed E-state index contributed by atoms with van der Waals surface area (Å²) in [5.74, 6) is -2.50. The summed E-state index contributed by atoms with van der Waals surface area (Å²) < 4.78 is 24.4. The van der Waals surface area contributed by atoms with Crippen LogP contribution in [0.2, 0.25) is 0 Å². The van der Waals surface area contributed by atoms with E-state index in [1.54, 1.807) is 36.4 Å². The van der Waals surface area contributed by atoms with E-state index in [2.05, 4.69) is 6.92 Å². The van der Waals surface area contributed by atoms with Crippen LogP contribution in [-0.2, 0) is 23.7 Å². The summed E-state index contributed by atoms with van der Waals surface area (Å²) in [6.07, 6.45) is 1.08. The molecule has 8 rings (SSSR count). The van der Waals surface area contributed by atoms with Crippen LogP contribution in [0, 0.1) is 34.5 Å². The summed E-state index contributed by atoms with van der Waals surface area (Å²) in [5.41, 5.74) is -1.41. The average Bonchev–Trinajstić information content (AvgIpc) is 3.68. The normalized spacial score (nSPS) is 43.6. The molecule has 9 nitrogen and oxygen atoms in total. The Morgan fingerprint density at radius 2 is 1.54 bits per heavy atom. The van der Waals surface area contributed by atoms with E-state index in [9.17, 15) is 24.6 Å². The highest BCUT2D eigenvalue weighted by Crippen LogP contribution is 2.73. The Kier molecular flexibility index (Phi) is 6.81. The van der Waals surface area contributed by atoms with Gasteiger partial charge in [0, 0.05) is 23.3 Å². The minimum atomic E-state index is -1.42. The van der Waals surface area contributed by atoms with Crippen LogP contribution in [0.5, 0.6) is 0 Å². The van der Waals surface area contributed by atoms with E-state index in [0.29, 0.717) is 43.2 Å². The van der Waals surface area contributed by atoms with Crippen molar-refractivity contribution in [3.05, 3.63) is 83.4 Å². The standard InChI is InChI=1S/C37H40O9/c1-35-14-13-24(44-33(40)20-9-5-3-6-10-20)16-23(35)17-26-29-30(35)31(46-34(41)21-11-7-4-8-12-21)32(39)36(2)25(22-15-28(38)43-19-22)18-27(45-26)37(29,36)42/h3-12,15,23-27,29-32,39,42H,13-14,16-19H2,1-2H3/t23-,24+,25-,26+,27-,29-,30+,31+,32-,35+,36-,37-/m1/s1. The number of carbonyl (C=O) groups excluding carboxylic acids is 3. The van der Waals surface area contributed by atoms with Gasteiger partial charge < -0.3 is 29.2 Å². The van der Waals surface area contributed by atoms with Crippen molar-refractivity contribution in [3.8, 4) is 0 Å². The number of rotatable bonds is 5. The van der Waals surface area contributed by atoms with Gasteiger partial charge >= 0.3 is 17.9 Å². The van der Waals surface area contributed by atoms with Crippen LogP contribution >= 0.6 is 0 Å². The number of aliphatic hydroxyl groups is 2. The fourth-order valence-corrected chi connectivity index (χ4v) is 10.7. The molecule has 5 fully saturated rings. The number of hydrogen-bond donors (Lipinski definition) is 2. The Balaban J connectivity index is 1.17. The first-order valence-corrected chi connectivity index (χ1v) is 16.5. The number of carbonyl (C=O) groups is 3. The summed E-state index contributed by atoms with van der Waals surface area (Å²) in [7, 11) is 0. The summed E-state index contributed by atoms with van der Waals surface area (Å²) in [5, 5.41) is 25.5. The van der Waals surface area contributed by atoms with Crippen molar-refractivity contribution >= 4 is 17.9 Å². The van der Waals surface area contributed by atoms with Gasteiger partial charge in [0.15, 0.2) is 0 Å². The van der Waals surface area contributed by atoms with Gasteiger partial charge in [-0.05, 0) is 79.2 Å². The molecular weight excluding hydrogens is 588 g/mol. The summed E-state index contributed by atoms with van der Waals surface area (Å²) in [4.78, 5) is 38.8. The molecule has 9 heteroatoms. The number of hydrogen-bond acceptors (Lipinski definition) is 9. The van der Waals surface area contributed by atoms with E-state index >= 15 is 0 Å². The average molecular weight is 629 g/mol. The fourth-order valence-electron chi connectivity index (χ4n) is 10.7. The summed E-state index contributed by atoms with van der Waals surface area (Å²) in [6.45, 7) is 4.15. The van der Waals surface area contributed by atoms with Gasteiger partial charge in [-0.2, -0.15) is 0 Å². The molecule has 0 radical (unpaired) electrons. The zero-order valence-corrected chi connectivity index (χ0v) is 26.0. The third-order valence-electron chi connectivity index (χ3n) is 12.9. The molecule has 46 heavy (non-hydrogen) atoms. The maximum atomic E-state index is 13.7. The highest BCUT2D eigenvalue weighted by atomic mass is 16.6. The molecule has 4 saturated carbocycles. The molecule has 1 saturated heterocycles. The highest BCUT2D eigenvalue weighted by Gasteiger charge is 2.82. The molecule has 242 valence electrons. The number of benzene rings is 2. The van der Waals surface area contributed by atoms with Crippen LogP contribution in [0.3, 0.4) is 0 Å². The second kappa shape index (κ2) is 10.5. The first-order chi connectivity index (χ1) is 22.1. The topological polar surface area (TPSA) is 129 Å². The molecule has 6 aliphatic rings. The third-order valence-corrected chi connectivity index (χ3v) is 12.9. The first kappa shape index (κ1) is 29.8. The second-order valence-electron chi connectivity index (χ2n) is 14.7. The Hall–Kier alpha value is -3.53. The fraction of sp³-hybridized carbons (Fsp3) is 0.541. The molecule has 0 amide bonds. The van der Waals surface area contributed by atoms with Crippen molar-refractivity contribution < 1.29 is 43.5 Å². The SMILES string of the molecule is C[C@]12CC[C@H](OC(=O)c3ccccc3)C[C@@H]1C[C@@H]1O[C@@H]3C[C@H](C4=CC(=O)OC4)[C@]4(C)[C@H](O)[C@@H](OC(=O)c5ccccc5)[C@@H]2[C@@H]1[C@]34O. The third kappa shape index (κ3) is 4.07. The van der Waals surface area contributed by atoms with Crippen LogP contribution in [0.25, 0.3) is 0 Å². The Labute approximate surface area is 267 Å². The Bertz CT molecular complexity index is 1590. The van der Waals surface area contributed by atoms with Crippen LogP contribution in [-0.4, -0.2) is 70.8 Å². The molecule has 0 spiro atoms. The van der Waals surface area contributed by atoms with E-state index in [1.165, 1.54) is 6.08 Å². The van der Waals surface area contributed by atoms with E-state index in [4.69, 9.17) is 18.9 Å². The van der Waals surface area contributed by atoms with Gasteiger partial charge in [0.2, 0.25) is 0 Å². The molecular formula is C37H40O9. The molecule has 2 N–H and O–H groups in total. The van der Waals surface area contributed by atoms with Gasteiger partial charge in [-0.1, -0.05) is 50.2 Å². The summed E-state index contributed by atoms with van der Waals surface area (Å²) >= 11 is 0. The van der Waals surface area contributed by atoms with Gasteiger partial charge in [-0.25, -0.2) is 14.4 Å². The van der Waals surface area contributed by atoms with Crippen LogP contribution < -0.4 is 0 Å². The molecule has 2 aromatic carbocycles. The van der Waals surface area contributed by atoms with Crippen molar-refractivity contribution in [2.75, 3.05) is 6.61 Å². The minimum Gasteiger partial charge on any atom is -0.459 e. The number of aliphatic hydroxyl groups excluding tert-OH is 1. The van der Waals surface area contributed by atoms with Gasteiger partial charge in [0.25, 0.3) is 0 Å². The second-order valence-corrected chi connectivity index (χ2v) is 14.7. The number of ether oxygens (including phenoxy) is 4. The highest BCUT2D eigenvalue weighted by molar-refractivity contribution is 5.90. The van der Waals surface area contributed by atoms with E-state index in [1.807, 2.05) is 31.2 Å². The molecule has 0 unspecified atom stereocenters. The number of cyclic esters (lactones) is 1. The lowest BCUT2D eigenvalue weighted by Crippen LogP contribution is -2.74. The zero-order valence-electron chi connectivity index (χ0n) is 26.0. The Morgan fingerprint density at radius 1 is 0.891 bits per heavy atom. The van der Waals surface area contributed by atoms with Gasteiger partial charge in [0.05, 0.1) is 23.3 Å². The summed E-state index contributed by atoms with van der Waals surface area (Å²) in [6, 6.07) is 17.7. The first-order valence-electron chi connectivity index (χ1n) is 16.5. The molecule has 2 aliphatic heterocycles. The van der Waals surface area contributed by atoms with Crippen LogP contribution in [0.4, 0.5) is 0 Å². The monoisotopic (exact) mass is 628 g/mol. The van der Waals surface area contributed by atoms with Gasteiger partial charge in [0.1, 0.15) is 30.5 Å². The van der Waals surface area contributed by atoms with Crippen molar-refractivity contribution in [1.29, 1.82) is 0 Å². The van der Waals surface area contributed by atoms with Crippen molar-refractivity contribution in [1.82, 2.24) is 0 Å². The molecule has 2 aromatic rings. The molecule has 0 aromatic heterocycles. The predicted molar refractivity (Wildman–Crippen MR) is 163 cm³/mol. The largest absolute Gasteiger partial charge is 0.459 e. The van der Waals surface area contributed by atoms with Gasteiger partial charge in [-0.15, -0.1) is 0 Å². The zero-order chi connectivity index (χ0) is 32.0. The van der Waals surface area contributed by atoms with Gasteiger partial charge in [-0.3, -0.25) is 0 Å². The van der Waals surface area contributed by atoms with Crippen molar-refractivity contribution in [2.24, 2.45) is 34.5 Å². The molecule has 12 atom stereocenters. The lowest BCUT2D eigenvalue weighted by Gasteiger charge is -2.65. The predicted octanol–water partition coefficient (Wildman–Crippen LogP) is 4.26. The minimum absolute atomic E-state index is 0.0392. The van der Waals surface area contributed by atoms with E-state index in [-0.39, 0.29) is 30.7 Å². The smallest absolute Gasteiger partial charge is 0.338 e. The molecule has 0 bridgehead atoms. The Morgan fingerprint density at radius 3 is 2.17 bits per heavy atom. The van der Waals surface area contributed by atoms with E-state index < -0.39 is 64.4 Å². The van der Waals surface area contributed by atoms with Crippen LogP contribution in [0.15, 0.2) is 72.3 Å². The number of fused-ring (bicyclic) bond motifs is 2. The lowest BCUT2D eigenvalue weighted by molar-refractivity contribution is -0.276. The lowest BCUT2D eigenvalue weighted by atomic mass is 9.41. The van der Waals surface area contributed by atoms with Crippen LogP contribution in [0.1, 0.15) is 66.7 Å². The van der Waals surface area contributed by atoms with Crippen molar-refractivity contribution in [3.63, 3.8) is 0 Å². The molecule has 2 heterocycles. The quantitative estimate of drug-likeness (QED) is 0.369. The van der Waals surface area contributed by atoms with E-state index in [0.717, 1.165) is 5.57 Å². The number of esters is 3. The van der Waals surface area contributed by atoms with Crippen molar-refractivity contribution in [2.45, 2.75) is 82.1 Å². The maximum Gasteiger partial charge on any atom is 0.338 e. The maximum absolute atomic E-state index is 13.7. The molecule has 4 aliphatic carbocycles.